The Balaban J connectivity index is 2.00. The van der Waals surface area contributed by atoms with Crippen molar-refractivity contribution in [3.05, 3.63) is 56.8 Å². The smallest absolute Gasteiger partial charge is 0.315 e. The first-order valence-electron chi connectivity index (χ1n) is 10.9. The van der Waals surface area contributed by atoms with Crippen molar-refractivity contribution < 1.29 is 14.5 Å². The number of benzene rings is 1. The Morgan fingerprint density at radius 3 is 2.78 bits per heavy atom. The van der Waals surface area contributed by atoms with E-state index < -0.39 is 22.7 Å². The molecule has 2 N–H and O–H groups in total. The number of aliphatic imine (C=N–C) groups is 1. The summed E-state index contributed by atoms with van der Waals surface area (Å²) < 4.78 is 5.14. The van der Waals surface area contributed by atoms with Crippen molar-refractivity contribution in [2.24, 2.45) is 16.3 Å². The Bertz CT molecular complexity index is 1140. The molecule has 168 valence electrons. The Labute approximate surface area is 187 Å². The number of carbonyl (C=O) groups excluding carboxylic acids is 1. The van der Waals surface area contributed by atoms with Crippen LogP contribution in [-0.2, 0) is 22.4 Å². The summed E-state index contributed by atoms with van der Waals surface area (Å²) in [5.41, 5.74) is 11.3. The van der Waals surface area contributed by atoms with Crippen LogP contribution in [-0.4, -0.2) is 28.7 Å². The number of nitro groups is 1. The normalized spacial score (nSPS) is 21.2. The second kappa shape index (κ2) is 8.00. The largest absolute Gasteiger partial charge is 0.468 e. The number of nitro benzene ring substituents is 1. The second-order valence-corrected chi connectivity index (χ2v) is 9.32. The molecule has 1 aliphatic carbocycles. The van der Waals surface area contributed by atoms with E-state index in [0.717, 1.165) is 30.5 Å². The summed E-state index contributed by atoms with van der Waals surface area (Å²) in [7, 11) is 1.34. The molecule has 1 aromatic carbocycles. The molecule has 2 aromatic rings. The fourth-order valence-corrected chi connectivity index (χ4v) is 4.97. The average molecular weight is 437 g/mol. The summed E-state index contributed by atoms with van der Waals surface area (Å²) in [4.78, 5) is 33.6. The van der Waals surface area contributed by atoms with Crippen molar-refractivity contribution in [1.82, 2.24) is 4.98 Å². The third-order valence-corrected chi connectivity index (χ3v) is 6.65. The number of fused-ring (bicyclic) bond motifs is 2. The van der Waals surface area contributed by atoms with Crippen LogP contribution >= 0.6 is 0 Å². The maximum atomic E-state index is 13.0. The van der Waals surface area contributed by atoms with Gasteiger partial charge in [0.15, 0.2) is 5.82 Å². The summed E-state index contributed by atoms with van der Waals surface area (Å²) in [6, 6.07) is 6.36. The van der Waals surface area contributed by atoms with E-state index in [9.17, 15) is 14.9 Å². The highest BCUT2D eigenvalue weighted by Crippen LogP contribution is 2.49. The van der Waals surface area contributed by atoms with Gasteiger partial charge in [-0.05, 0) is 42.2 Å². The Hall–Kier alpha value is -3.29. The Morgan fingerprint density at radius 2 is 2.12 bits per heavy atom. The van der Waals surface area contributed by atoms with Crippen LogP contribution in [0.5, 0.6) is 0 Å². The minimum atomic E-state index is -0.724. The lowest BCUT2D eigenvalue weighted by Gasteiger charge is -2.36. The van der Waals surface area contributed by atoms with Crippen LogP contribution in [0, 0.1) is 21.4 Å². The van der Waals surface area contributed by atoms with Gasteiger partial charge in [0.2, 0.25) is 0 Å². The third kappa shape index (κ3) is 3.63. The summed E-state index contributed by atoms with van der Waals surface area (Å²) in [6.07, 6.45) is 3.13. The molecule has 8 heteroatoms. The van der Waals surface area contributed by atoms with Crippen LogP contribution in [0.4, 0.5) is 17.2 Å². The number of rotatable bonds is 4. The van der Waals surface area contributed by atoms with Crippen molar-refractivity contribution >= 4 is 28.9 Å². The zero-order chi connectivity index (χ0) is 23.2. The van der Waals surface area contributed by atoms with Gasteiger partial charge in [-0.3, -0.25) is 14.9 Å². The van der Waals surface area contributed by atoms with Gasteiger partial charge < -0.3 is 10.5 Å². The van der Waals surface area contributed by atoms with Crippen LogP contribution in [0.1, 0.15) is 61.9 Å². The molecule has 2 atom stereocenters. The number of aromatic nitrogens is 1. The highest BCUT2D eigenvalue weighted by Gasteiger charge is 2.43. The highest BCUT2D eigenvalue weighted by molar-refractivity contribution is 6.06. The number of esters is 1. The summed E-state index contributed by atoms with van der Waals surface area (Å²) in [5.74, 6) is -1.22. The number of aryl methyl sites for hydroxylation is 1. The van der Waals surface area contributed by atoms with E-state index in [1.807, 2.05) is 6.92 Å². The van der Waals surface area contributed by atoms with Gasteiger partial charge in [0.05, 0.1) is 12.0 Å². The van der Waals surface area contributed by atoms with Crippen molar-refractivity contribution in [3.8, 4) is 0 Å². The predicted octanol–water partition coefficient (Wildman–Crippen LogP) is 4.50. The van der Waals surface area contributed by atoms with Crippen molar-refractivity contribution in [1.29, 1.82) is 0 Å². The molecular weight excluding hydrogens is 408 g/mol. The monoisotopic (exact) mass is 436 g/mol. The number of non-ortho nitro benzene ring substituents is 1. The Morgan fingerprint density at radius 1 is 1.38 bits per heavy atom. The van der Waals surface area contributed by atoms with E-state index in [4.69, 9.17) is 20.4 Å². The van der Waals surface area contributed by atoms with Gasteiger partial charge >= 0.3 is 5.97 Å². The lowest BCUT2D eigenvalue weighted by atomic mass is 9.71. The van der Waals surface area contributed by atoms with E-state index >= 15 is 0 Å². The molecule has 0 bridgehead atoms. The molecule has 2 unspecified atom stereocenters. The molecule has 0 saturated heterocycles. The number of hydrogen-bond acceptors (Lipinski definition) is 7. The van der Waals surface area contributed by atoms with Crippen LogP contribution in [0.25, 0.3) is 0 Å². The van der Waals surface area contributed by atoms with Gasteiger partial charge in [-0.15, -0.1) is 0 Å². The lowest BCUT2D eigenvalue weighted by molar-refractivity contribution is -0.384. The molecule has 1 aliphatic heterocycles. The number of pyridine rings is 1. The van der Waals surface area contributed by atoms with Crippen molar-refractivity contribution in [2.75, 3.05) is 12.8 Å². The fraction of sp³-hybridized carbons (Fsp3) is 0.458. The van der Waals surface area contributed by atoms with E-state index in [1.54, 1.807) is 12.1 Å². The first-order chi connectivity index (χ1) is 15.2. The van der Waals surface area contributed by atoms with E-state index in [-0.39, 0.29) is 11.1 Å². The van der Waals surface area contributed by atoms with E-state index in [2.05, 4.69) is 13.8 Å². The van der Waals surface area contributed by atoms with Gasteiger partial charge in [-0.25, -0.2) is 9.98 Å². The minimum absolute atomic E-state index is 0.0427. The molecule has 8 nitrogen and oxygen atoms in total. The third-order valence-electron chi connectivity index (χ3n) is 6.65. The average Bonchev–Trinajstić information content (AvgIpc) is 2.77. The van der Waals surface area contributed by atoms with Gasteiger partial charge in [0.25, 0.3) is 5.69 Å². The molecule has 0 saturated carbocycles. The van der Waals surface area contributed by atoms with Crippen LogP contribution in [0.15, 0.2) is 29.3 Å². The minimum Gasteiger partial charge on any atom is -0.468 e. The van der Waals surface area contributed by atoms with Gasteiger partial charge in [-0.1, -0.05) is 32.9 Å². The molecule has 2 heterocycles. The van der Waals surface area contributed by atoms with Crippen LogP contribution < -0.4 is 5.73 Å². The molecule has 2 aliphatic rings. The molecule has 0 fully saturated rings. The number of hydrogen-bond donors (Lipinski definition) is 1. The second-order valence-electron chi connectivity index (χ2n) is 9.32. The first-order valence-corrected chi connectivity index (χ1v) is 10.9. The van der Waals surface area contributed by atoms with E-state index in [0.29, 0.717) is 34.8 Å². The molecule has 1 aromatic heterocycles. The first kappa shape index (κ1) is 21.9. The van der Waals surface area contributed by atoms with Crippen LogP contribution in [0.2, 0.25) is 0 Å². The number of ether oxygens (including phenoxy) is 1. The van der Waals surface area contributed by atoms with Crippen molar-refractivity contribution in [3.63, 3.8) is 0 Å². The standard InChI is InChI=1S/C24H28N4O4/c1-5-16-19(23(29)32-4)18(13-7-6-8-14(11-13)28(30)31)20-21(25)15-12-24(2,3)10-9-17(15)27-22(20)26-16/h6-8,11,18-19H,5,9-10,12H2,1-4H3,(H2,25,27). The molecular formula is C24H28N4O4. The quantitative estimate of drug-likeness (QED) is 0.428. The number of nitrogen functional groups attached to an aromatic ring is 1. The lowest BCUT2D eigenvalue weighted by Crippen LogP contribution is -2.35. The van der Waals surface area contributed by atoms with Crippen LogP contribution in [0.3, 0.4) is 0 Å². The Kier molecular flexibility index (Phi) is 5.48. The van der Waals surface area contributed by atoms with Gasteiger partial charge in [0, 0.05) is 40.7 Å². The van der Waals surface area contributed by atoms with Gasteiger partial charge in [-0.2, -0.15) is 0 Å². The zero-order valence-corrected chi connectivity index (χ0v) is 18.8. The number of nitrogens with zero attached hydrogens (tertiary/aromatic N) is 3. The fourth-order valence-electron chi connectivity index (χ4n) is 4.97. The SMILES string of the molecule is CCC1=Nc2nc3c(c(N)c2C(c2cccc([N+](=O)[O-])c2)C1C(=O)OC)CC(C)(C)CC3. The topological polar surface area (TPSA) is 121 Å². The van der Waals surface area contributed by atoms with E-state index in [1.165, 1.54) is 19.2 Å². The summed E-state index contributed by atoms with van der Waals surface area (Å²) in [5, 5.41) is 11.5. The summed E-state index contributed by atoms with van der Waals surface area (Å²) in [6.45, 7) is 6.34. The maximum Gasteiger partial charge on any atom is 0.315 e. The molecule has 0 radical (unpaired) electrons. The maximum absolute atomic E-state index is 13.0. The number of anilines is 1. The zero-order valence-electron chi connectivity index (χ0n) is 18.8. The number of nitrogens with two attached hydrogens (primary N) is 1. The molecule has 32 heavy (non-hydrogen) atoms. The molecule has 0 spiro atoms. The predicted molar refractivity (Wildman–Crippen MR) is 122 cm³/mol. The molecule has 0 amide bonds. The van der Waals surface area contributed by atoms with Crippen molar-refractivity contribution in [2.45, 2.75) is 52.4 Å². The van der Waals surface area contributed by atoms with Gasteiger partial charge in [0.1, 0.15) is 5.92 Å². The highest BCUT2D eigenvalue weighted by atomic mass is 16.6. The molecule has 4 rings (SSSR count). The number of methoxy groups -OCH3 is 1. The number of carbonyl (C=O) groups is 1. The summed E-state index contributed by atoms with van der Waals surface area (Å²) >= 11 is 0.